The first-order valence-electron chi connectivity index (χ1n) is 6.47. The monoisotopic (exact) mass is 361 g/mol. The third kappa shape index (κ3) is 3.43. The van der Waals surface area contributed by atoms with Crippen molar-refractivity contribution in [2.45, 2.75) is 24.9 Å². The van der Waals surface area contributed by atoms with Crippen LogP contribution in [0.1, 0.15) is 12.6 Å². The summed E-state index contributed by atoms with van der Waals surface area (Å²) in [7, 11) is -5.13. The molecule has 0 aromatic carbocycles. The Morgan fingerprint density at radius 1 is 1.65 bits per heavy atom. The summed E-state index contributed by atoms with van der Waals surface area (Å²) in [6.45, 7) is -0.561. The van der Waals surface area contributed by atoms with Crippen LogP contribution in [-0.4, -0.2) is 43.4 Å². The van der Waals surface area contributed by atoms with Crippen LogP contribution in [0.3, 0.4) is 0 Å². The highest BCUT2D eigenvalue weighted by Gasteiger charge is 2.36. The van der Waals surface area contributed by atoms with Crippen molar-refractivity contribution in [1.82, 2.24) is 19.5 Å². The average molecular weight is 361 g/mol. The summed E-state index contributed by atoms with van der Waals surface area (Å²) < 4.78 is 22.0. The number of anilines is 1. The zero-order chi connectivity index (χ0) is 16.8. The van der Waals surface area contributed by atoms with Crippen LogP contribution < -0.4 is 15.5 Å². The Morgan fingerprint density at radius 3 is 3.09 bits per heavy atom. The van der Waals surface area contributed by atoms with Crippen molar-refractivity contribution in [3.05, 3.63) is 11.0 Å². The molecule has 0 radical (unpaired) electrons. The summed E-state index contributed by atoms with van der Waals surface area (Å²) in [5, 5.41) is 9.94. The molecule has 1 aliphatic heterocycles. The molecule has 1 aliphatic rings. The molecule has 0 spiro atoms. The number of nitrogens with two attached hydrogens (primary N) is 1. The lowest BCUT2D eigenvalue weighted by Gasteiger charge is -2.30. The van der Waals surface area contributed by atoms with Crippen molar-refractivity contribution in [2.75, 3.05) is 12.3 Å². The Morgan fingerprint density at radius 2 is 2.39 bits per heavy atom. The molecule has 3 heterocycles. The van der Waals surface area contributed by atoms with Gasteiger partial charge < -0.3 is 39.4 Å². The van der Waals surface area contributed by atoms with Crippen molar-refractivity contribution in [3.63, 3.8) is 0 Å². The number of hydrogen-bond acceptors (Lipinski definition) is 10. The number of imidazole rings is 1. The van der Waals surface area contributed by atoms with E-state index in [9.17, 15) is 19.5 Å². The van der Waals surface area contributed by atoms with Crippen molar-refractivity contribution in [1.29, 1.82) is 0 Å². The van der Waals surface area contributed by atoms with E-state index in [0.717, 1.165) is 0 Å². The molecule has 11 nitrogen and oxygen atoms in total. The Balaban J connectivity index is 1.84. The van der Waals surface area contributed by atoms with Gasteiger partial charge in [-0.2, -0.15) is 0 Å². The molecule has 1 saturated heterocycles. The lowest BCUT2D eigenvalue weighted by atomic mass is 10.2. The van der Waals surface area contributed by atoms with Crippen molar-refractivity contribution in [2.24, 2.45) is 0 Å². The van der Waals surface area contributed by atoms with Crippen LogP contribution in [0.5, 0.6) is 0 Å². The van der Waals surface area contributed by atoms with E-state index in [1.807, 2.05) is 0 Å². The first kappa shape index (κ1) is 16.5. The molecular formula is C10H12N5O6PS-2. The number of rotatable bonds is 4. The molecule has 0 bridgehead atoms. The Labute approximate surface area is 134 Å². The van der Waals surface area contributed by atoms with Crippen LogP contribution in [0.4, 0.5) is 5.95 Å². The highest BCUT2D eigenvalue weighted by molar-refractivity contribution is 7.71. The fraction of sp³-hybridized carbons (Fsp3) is 0.500. The van der Waals surface area contributed by atoms with E-state index in [2.05, 4.69) is 19.5 Å². The van der Waals surface area contributed by atoms with Crippen LogP contribution in [-0.2, 0) is 13.8 Å². The number of nitrogens with zero attached hydrogens (tertiary/aromatic N) is 3. The lowest BCUT2D eigenvalue weighted by molar-refractivity contribution is -0.343. The minimum Gasteiger partial charge on any atom is -0.790 e. The first-order valence-corrected chi connectivity index (χ1v) is 8.34. The van der Waals surface area contributed by atoms with Gasteiger partial charge in [0.15, 0.2) is 10.6 Å². The molecule has 3 unspecified atom stereocenters. The molecule has 0 aliphatic carbocycles. The van der Waals surface area contributed by atoms with Gasteiger partial charge in [-0.1, -0.05) is 12.2 Å². The molecule has 3 atom stereocenters. The van der Waals surface area contributed by atoms with Crippen molar-refractivity contribution in [3.8, 4) is 0 Å². The van der Waals surface area contributed by atoms with Gasteiger partial charge in [0.1, 0.15) is 23.5 Å². The van der Waals surface area contributed by atoms with Crippen LogP contribution in [0.25, 0.3) is 11.2 Å². The molecule has 126 valence electrons. The molecule has 4 N–H and O–H groups in total. The van der Waals surface area contributed by atoms with Gasteiger partial charge in [0.25, 0.3) is 0 Å². The second-order valence-corrected chi connectivity index (χ2v) is 6.49. The van der Waals surface area contributed by atoms with E-state index in [1.165, 1.54) is 6.33 Å². The smallest absolute Gasteiger partial charge is 0.200 e. The van der Waals surface area contributed by atoms with Crippen LogP contribution in [0, 0.1) is 4.64 Å². The quantitative estimate of drug-likeness (QED) is 0.432. The largest absolute Gasteiger partial charge is 0.790 e. The van der Waals surface area contributed by atoms with Crippen LogP contribution in [0.15, 0.2) is 6.33 Å². The molecular weight excluding hydrogens is 349 g/mol. The Kier molecular flexibility index (Phi) is 4.23. The predicted molar refractivity (Wildman–Crippen MR) is 75.2 cm³/mol. The fourth-order valence-corrected chi connectivity index (χ4v) is 2.95. The summed E-state index contributed by atoms with van der Waals surface area (Å²) >= 11 is 5.06. The number of fused-ring (bicyclic) bond motifs is 1. The molecule has 2 aromatic heterocycles. The number of hydrogen-bond donors (Lipinski definition) is 3. The standard InChI is InChI=1S/C10H14N5O6PS/c11-10-13-8-7(9(23)14-10)12-3-15(8)6-1-4(16)5(21-6)2-20-22(17,18)19/h3-6,16H,1-2H2,(H2,17,18,19)(H3,11,13,14,23)/p-2. The summed E-state index contributed by atoms with van der Waals surface area (Å²) in [6.07, 6.45) is -1.05. The number of aromatic nitrogens is 4. The third-order valence-corrected chi connectivity index (χ3v) is 4.13. The third-order valence-electron chi connectivity index (χ3n) is 3.38. The first-order chi connectivity index (χ1) is 10.7. The average Bonchev–Trinajstić information content (AvgIpc) is 2.99. The topological polar surface area (TPSA) is 174 Å². The summed E-state index contributed by atoms with van der Waals surface area (Å²) in [6, 6.07) is 0. The maximum atomic E-state index is 10.5. The highest BCUT2D eigenvalue weighted by Crippen LogP contribution is 2.33. The van der Waals surface area contributed by atoms with Gasteiger partial charge in [-0.15, -0.1) is 0 Å². The number of nitrogen functional groups attached to an aromatic ring is 1. The highest BCUT2D eigenvalue weighted by atomic mass is 32.1. The van der Waals surface area contributed by atoms with Gasteiger partial charge in [-0.3, -0.25) is 4.57 Å². The Bertz CT molecular complexity index is 833. The van der Waals surface area contributed by atoms with Gasteiger partial charge in [0.2, 0.25) is 0 Å². The number of H-pyrrole nitrogens is 1. The van der Waals surface area contributed by atoms with E-state index in [1.54, 1.807) is 4.57 Å². The van der Waals surface area contributed by atoms with Crippen molar-refractivity contribution >= 4 is 37.2 Å². The summed E-state index contributed by atoms with van der Waals surface area (Å²) in [5.74, 6) is 0.0985. The summed E-state index contributed by atoms with van der Waals surface area (Å²) in [4.78, 5) is 31.8. The number of nitrogens with one attached hydrogen (secondary N) is 1. The molecule has 23 heavy (non-hydrogen) atoms. The summed E-state index contributed by atoms with van der Waals surface area (Å²) in [5.41, 5.74) is 6.49. The lowest BCUT2D eigenvalue weighted by Crippen LogP contribution is -2.29. The molecule has 1 fully saturated rings. The molecule has 13 heteroatoms. The number of aliphatic hydroxyl groups excluding tert-OH is 1. The van der Waals surface area contributed by atoms with Gasteiger partial charge in [-0.05, 0) is 0 Å². The van der Waals surface area contributed by atoms with Gasteiger partial charge in [0.05, 0.1) is 26.9 Å². The molecule has 0 amide bonds. The number of phosphoric acid groups is 1. The van der Waals surface area contributed by atoms with Gasteiger partial charge in [-0.25, -0.2) is 9.97 Å². The second-order valence-electron chi connectivity index (χ2n) is 4.95. The van der Waals surface area contributed by atoms with Crippen LogP contribution >= 0.6 is 20.0 Å². The number of phosphoric ester groups is 1. The van der Waals surface area contributed by atoms with E-state index >= 15 is 0 Å². The minimum absolute atomic E-state index is 0.0985. The normalized spacial score (nSPS) is 25.3. The van der Waals surface area contributed by atoms with Crippen molar-refractivity contribution < 1.29 is 28.7 Å². The fourth-order valence-electron chi connectivity index (χ4n) is 2.37. The molecule has 3 rings (SSSR count). The zero-order valence-corrected chi connectivity index (χ0v) is 13.2. The SMILES string of the molecule is Nc1nc(=S)c2ncn(C3CC(O)C(COP(=O)([O-])[O-])O3)c2[nH]1. The van der Waals surface area contributed by atoms with E-state index in [0.29, 0.717) is 11.2 Å². The van der Waals surface area contributed by atoms with E-state index < -0.39 is 32.9 Å². The number of aliphatic hydroxyl groups is 1. The van der Waals surface area contributed by atoms with Gasteiger partial charge >= 0.3 is 0 Å². The Hall–Kier alpha value is -1.40. The predicted octanol–water partition coefficient (Wildman–Crippen LogP) is -1.44. The van der Waals surface area contributed by atoms with Gasteiger partial charge in [0, 0.05) is 6.42 Å². The number of ether oxygens (including phenoxy) is 1. The second kappa shape index (κ2) is 5.91. The maximum Gasteiger partial charge on any atom is 0.200 e. The molecule has 0 saturated carbocycles. The number of aromatic amines is 1. The zero-order valence-electron chi connectivity index (χ0n) is 11.5. The molecule has 2 aromatic rings. The minimum atomic E-state index is -5.13. The van der Waals surface area contributed by atoms with E-state index in [4.69, 9.17) is 22.7 Å². The maximum absolute atomic E-state index is 10.5. The van der Waals surface area contributed by atoms with E-state index in [-0.39, 0.29) is 17.0 Å². The van der Waals surface area contributed by atoms with Crippen LogP contribution in [0.2, 0.25) is 0 Å².